The summed E-state index contributed by atoms with van der Waals surface area (Å²) in [5.41, 5.74) is 1.61. The maximum absolute atomic E-state index is 13.7. The number of aliphatic imine (C=N–C) groups is 1. The van der Waals surface area contributed by atoms with E-state index in [1.165, 1.54) is 11.0 Å². The van der Waals surface area contributed by atoms with Crippen LogP contribution in [0.25, 0.3) is 0 Å². The Morgan fingerprint density at radius 1 is 1.23 bits per heavy atom. The summed E-state index contributed by atoms with van der Waals surface area (Å²) < 4.78 is 19.5. The van der Waals surface area contributed by atoms with Gasteiger partial charge in [-0.1, -0.05) is 44.2 Å². The van der Waals surface area contributed by atoms with E-state index < -0.39 is 0 Å². The summed E-state index contributed by atoms with van der Waals surface area (Å²) in [5.74, 6) is 1.06. The zero-order valence-electron chi connectivity index (χ0n) is 18.6. The van der Waals surface area contributed by atoms with Crippen LogP contribution in [0, 0.1) is 5.82 Å². The van der Waals surface area contributed by atoms with Gasteiger partial charge in [0.05, 0.1) is 12.6 Å². The molecule has 7 heteroatoms. The molecule has 0 bridgehead atoms. The number of ether oxygens (including phenoxy) is 1. The highest BCUT2D eigenvalue weighted by Crippen LogP contribution is 2.31. The molecule has 0 aliphatic carbocycles. The van der Waals surface area contributed by atoms with Crippen molar-refractivity contribution in [3.05, 3.63) is 65.5 Å². The van der Waals surface area contributed by atoms with Gasteiger partial charge in [-0.25, -0.2) is 9.38 Å². The summed E-state index contributed by atoms with van der Waals surface area (Å²) in [6.45, 7) is 5.24. The molecule has 1 unspecified atom stereocenters. The first-order valence-corrected chi connectivity index (χ1v) is 10.5. The fraction of sp³-hybridized carbons (Fsp3) is 0.417. The minimum absolute atomic E-state index is 0.0166. The summed E-state index contributed by atoms with van der Waals surface area (Å²) in [5, 5.41) is 6.81. The minimum atomic E-state index is -0.344. The van der Waals surface area contributed by atoms with Crippen LogP contribution in [0.2, 0.25) is 0 Å². The summed E-state index contributed by atoms with van der Waals surface area (Å²) in [6.07, 6.45) is 0.784. The molecule has 1 aliphatic heterocycles. The highest BCUT2D eigenvalue weighted by atomic mass is 19.1. The maximum Gasteiger partial charge on any atom is 0.243 e. The van der Waals surface area contributed by atoms with Gasteiger partial charge in [0.2, 0.25) is 5.91 Å². The molecule has 3 rings (SSSR count). The highest BCUT2D eigenvalue weighted by Gasteiger charge is 2.25. The minimum Gasteiger partial charge on any atom is -0.493 e. The molecule has 1 amide bonds. The Balaban J connectivity index is 1.77. The van der Waals surface area contributed by atoms with Crippen molar-refractivity contribution in [3.63, 3.8) is 0 Å². The topological polar surface area (TPSA) is 66.0 Å². The lowest BCUT2D eigenvalue weighted by Gasteiger charge is -2.30. The highest BCUT2D eigenvalue weighted by molar-refractivity contribution is 5.85. The van der Waals surface area contributed by atoms with Gasteiger partial charge in [0.15, 0.2) is 5.96 Å². The molecule has 0 saturated carbocycles. The van der Waals surface area contributed by atoms with Crippen LogP contribution in [0.3, 0.4) is 0 Å². The lowest BCUT2D eigenvalue weighted by molar-refractivity contribution is -0.127. The van der Waals surface area contributed by atoms with Gasteiger partial charge in [-0.3, -0.25) is 4.79 Å². The maximum atomic E-state index is 13.7. The average molecular weight is 427 g/mol. The quantitative estimate of drug-likeness (QED) is 0.550. The van der Waals surface area contributed by atoms with Crippen molar-refractivity contribution in [2.24, 2.45) is 4.99 Å². The van der Waals surface area contributed by atoms with Crippen molar-refractivity contribution in [1.29, 1.82) is 0 Å². The molecule has 31 heavy (non-hydrogen) atoms. The number of benzene rings is 2. The number of hydrogen-bond donors (Lipinski definition) is 2. The normalized spacial score (nSPS) is 16.2. The molecule has 2 aromatic rings. The van der Waals surface area contributed by atoms with Gasteiger partial charge in [0.1, 0.15) is 18.1 Å². The van der Waals surface area contributed by atoms with Gasteiger partial charge in [0, 0.05) is 38.0 Å². The van der Waals surface area contributed by atoms with Crippen molar-refractivity contribution < 1.29 is 13.9 Å². The second-order valence-corrected chi connectivity index (χ2v) is 8.57. The van der Waals surface area contributed by atoms with Crippen LogP contribution in [0.4, 0.5) is 4.39 Å². The first kappa shape index (κ1) is 22.6. The fourth-order valence-electron chi connectivity index (χ4n) is 3.41. The Labute approximate surface area is 183 Å². The first-order chi connectivity index (χ1) is 14.8. The molecule has 6 nitrogen and oxygen atoms in total. The number of carbonyl (C=O) groups excluding carboxylic acids is 1. The molecule has 0 spiro atoms. The van der Waals surface area contributed by atoms with Crippen LogP contribution >= 0.6 is 0 Å². The van der Waals surface area contributed by atoms with E-state index in [4.69, 9.17) is 4.74 Å². The third kappa shape index (κ3) is 5.96. The average Bonchev–Trinajstić information content (AvgIpc) is 2.75. The Morgan fingerprint density at radius 3 is 2.74 bits per heavy atom. The summed E-state index contributed by atoms with van der Waals surface area (Å²) in [4.78, 5) is 18.1. The molecule has 2 N–H and O–H groups in total. The molecule has 1 aliphatic rings. The summed E-state index contributed by atoms with van der Waals surface area (Å²) >= 11 is 0. The van der Waals surface area contributed by atoms with Gasteiger partial charge in [-0.2, -0.15) is 0 Å². The van der Waals surface area contributed by atoms with E-state index in [2.05, 4.69) is 15.6 Å². The molecule has 1 atom stereocenters. The summed E-state index contributed by atoms with van der Waals surface area (Å²) in [7, 11) is 3.42. The SMILES string of the molecule is CN(C)C(=O)CN=C(NCC(C)(C)c1cccc(F)c1)NC1CCOc2ccccc21. The number of para-hydroxylation sites is 1. The number of halogens is 1. The molecule has 0 radical (unpaired) electrons. The monoisotopic (exact) mass is 426 g/mol. The van der Waals surface area contributed by atoms with Crippen molar-refractivity contribution in [2.75, 3.05) is 33.8 Å². The van der Waals surface area contributed by atoms with Crippen LogP contribution in [-0.2, 0) is 10.2 Å². The largest absolute Gasteiger partial charge is 0.493 e. The Bertz CT molecular complexity index is 943. The predicted octanol–water partition coefficient (Wildman–Crippen LogP) is 3.25. The molecule has 1 heterocycles. The third-order valence-electron chi connectivity index (χ3n) is 5.44. The van der Waals surface area contributed by atoms with E-state index in [0.717, 1.165) is 23.3 Å². The van der Waals surface area contributed by atoms with Crippen LogP contribution in [0.15, 0.2) is 53.5 Å². The van der Waals surface area contributed by atoms with Crippen LogP contribution < -0.4 is 15.4 Å². The third-order valence-corrected chi connectivity index (χ3v) is 5.44. The standard InChI is InChI=1S/C24H31FN4O2/c1-24(2,17-8-7-9-18(25)14-17)16-27-23(26-15-22(30)29(3)4)28-20-12-13-31-21-11-6-5-10-19(20)21/h5-11,14,20H,12-13,15-16H2,1-4H3,(H2,26,27,28). The lowest BCUT2D eigenvalue weighted by atomic mass is 9.84. The van der Waals surface area contributed by atoms with Crippen LogP contribution in [0.1, 0.15) is 37.4 Å². The molecular weight excluding hydrogens is 395 g/mol. The predicted molar refractivity (Wildman–Crippen MR) is 121 cm³/mol. The van der Waals surface area contributed by atoms with E-state index in [1.807, 2.05) is 44.2 Å². The smallest absolute Gasteiger partial charge is 0.243 e. The van der Waals surface area contributed by atoms with E-state index >= 15 is 0 Å². The molecule has 0 aromatic heterocycles. The first-order valence-electron chi connectivity index (χ1n) is 10.5. The number of rotatable bonds is 6. The number of fused-ring (bicyclic) bond motifs is 1. The number of carbonyl (C=O) groups is 1. The molecular formula is C24H31FN4O2. The number of nitrogens with one attached hydrogen (secondary N) is 2. The number of amides is 1. The number of hydrogen-bond acceptors (Lipinski definition) is 3. The molecule has 0 saturated heterocycles. The Morgan fingerprint density at radius 2 is 2.00 bits per heavy atom. The lowest BCUT2D eigenvalue weighted by Crippen LogP contribution is -2.46. The van der Waals surface area contributed by atoms with Crippen molar-refractivity contribution in [3.8, 4) is 5.75 Å². The fourth-order valence-corrected chi connectivity index (χ4v) is 3.41. The Hall–Kier alpha value is -3.09. The Kier molecular flexibility index (Phi) is 7.15. The van der Waals surface area contributed by atoms with Gasteiger partial charge in [-0.15, -0.1) is 0 Å². The molecule has 0 fully saturated rings. The van der Waals surface area contributed by atoms with Gasteiger partial charge in [0.25, 0.3) is 0 Å². The van der Waals surface area contributed by atoms with Crippen LogP contribution in [0.5, 0.6) is 5.75 Å². The van der Waals surface area contributed by atoms with Crippen molar-refractivity contribution in [2.45, 2.75) is 31.7 Å². The van der Waals surface area contributed by atoms with Crippen molar-refractivity contribution >= 4 is 11.9 Å². The van der Waals surface area contributed by atoms with Gasteiger partial charge >= 0.3 is 0 Å². The zero-order chi connectivity index (χ0) is 22.4. The van der Waals surface area contributed by atoms with Crippen LogP contribution in [-0.4, -0.2) is 50.6 Å². The number of likely N-dealkylation sites (N-methyl/N-ethyl adjacent to an activating group) is 1. The second kappa shape index (κ2) is 9.81. The molecule has 2 aromatic carbocycles. The number of nitrogens with zero attached hydrogens (tertiary/aromatic N) is 2. The van der Waals surface area contributed by atoms with Gasteiger partial charge in [-0.05, 0) is 23.8 Å². The molecule has 166 valence electrons. The van der Waals surface area contributed by atoms with E-state index in [0.29, 0.717) is 19.1 Å². The van der Waals surface area contributed by atoms with Crippen molar-refractivity contribution in [1.82, 2.24) is 15.5 Å². The number of guanidine groups is 1. The van der Waals surface area contributed by atoms with E-state index in [9.17, 15) is 9.18 Å². The zero-order valence-corrected chi connectivity index (χ0v) is 18.6. The van der Waals surface area contributed by atoms with E-state index in [1.54, 1.807) is 26.2 Å². The summed E-state index contributed by atoms with van der Waals surface area (Å²) in [6, 6.07) is 14.6. The van der Waals surface area contributed by atoms with E-state index in [-0.39, 0.29) is 29.7 Å². The second-order valence-electron chi connectivity index (χ2n) is 8.57. The van der Waals surface area contributed by atoms with Gasteiger partial charge < -0.3 is 20.3 Å².